The summed E-state index contributed by atoms with van der Waals surface area (Å²) in [4.78, 5) is 29.2. The second kappa shape index (κ2) is 11.2. The van der Waals surface area contributed by atoms with Gasteiger partial charge in [-0.15, -0.1) is 0 Å². The Morgan fingerprint density at radius 1 is 1.11 bits per heavy atom. The molecule has 4 rings (SSSR count). The van der Waals surface area contributed by atoms with E-state index in [1.807, 2.05) is 48.5 Å². The van der Waals surface area contributed by atoms with Gasteiger partial charge < -0.3 is 9.88 Å². The van der Waals surface area contributed by atoms with Crippen molar-refractivity contribution in [3.63, 3.8) is 0 Å². The summed E-state index contributed by atoms with van der Waals surface area (Å²) in [5.74, 6) is 0. The largest absolute Gasteiger partial charge is 0.331 e. The van der Waals surface area contributed by atoms with Gasteiger partial charge in [0.25, 0.3) is 5.56 Å². The van der Waals surface area contributed by atoms with E-state index in [0.29, 0.717) is 23.8 Å². The first-order valence-corrected chi connectivity index (χ1v) is 12.4. The van der Waals surface area contributed by atoms with Crippen molar-refractivity contribution >= 4 is 5.69 Å². The molecule has 0 aliphatic heterocycles. The van der Waals surface area contributed by atoms with Gasteiger partial charge in [-0.3, -0.25) is 9.36 Å². The van der Waals surface area contributed by atoms with E-state index in [0.717, 1.165) is 49.8 Å². The standard InChI is InChI=1S/C29H31N5O2/c1-22-19-33(28(36)34(27(22)35)20-23-9-4-3-5-10-23)18-8-17-32-24-13-15-29(21-30,16-14-24)25-11-6-7-12-26(25)31-2/h3-7,9-12,19,24,32H,8,13-18,20H2,1H3. The lowest BCUT2D eigenvalue weighted by Gasteiger charge is -2.36. The molecular formula is C29H31N5O2. The van der Waals surface area contributed by atoms with Gasteiger partial charge in [-0.05, 0) is 56.7 Å². The van der Waals surface area contributed by atoms with Gasteiger partial charge in [0.2, 0.25) is 0 Å². The van der Waals surface area contributed by atoms with Crippen LogP contribution in [0.25, 0.3) is 4.85 Å². The number of nitrogens with zero attached hydrogens (tertiary/aromatic N) is 4. The second-order valence-electron chi connectivity index (χ2n) is 9.57. The summed E-state index contributed by atoms with van der Waals surface area (Å²) in [5.41, 5.74) is 1.75. The van der Waals surface area contributed by atoms with Gasteiger partial charge >= 0.3 is 5.69 Å². The molecule has 1 aromatic heterocycles. The van der Waals surface area contributed by atoms with Gasteiger partial charge in [-0.25, -0.2) is 9.64 Å². The van der Waals surface area contributed by atoms with Crippen LogP contribution in [0.4, 0.5) is 5.69 Å². The molecule has 7 heteroatoms. The van der Waals surface area contributed by atoms with Gasteiger partial charge in [-0.2, -0.15) is 5.26 Å². The van der Waals surface area contributed by atoms with Gasteiger partial charge in [0.1, 0.15) is 0 Å². The topological polar surface area (TPSA) is 84.2 Å². The van der Waals surface area contributed by atoms with Crippen molar-refractivity contribution < 1.29 is 0 Å². The number of para-hydroxylation sites is 1. The predicted molar refractivity (Wildman–Crippen MR) is 140 cm³/mol. The minimum atomic E-state index is -0.601. The van der Waals surface area contributed by atoms with E-state index in [9.17, 15) is 14.9 Å². The van der Waals surface area contributed by atoms with E-state index in [2.05, 4.69) is 16.2 Å². The number of aromatic nitrogens is 2. The Kier molecular flexibility index (Phi) is 7.83. The average molecular weight is 482 g/mol. The number of nitriles is 1. The van der Waals surface area contributed by atoms with Gasteiger partial charge in [-0.1, -0.05) is 54.6 Å². The van der Waals surface area contributed by atoms with Crippen molar-refractivity contribution in [2.75, 3.05) is 6.54 Å². The molecule has 0 saturated heterocycles. The molecule has 3 aromatic rings. The molecule has 184 valence electrons. The summed E-state index contributed by atoms with van der Waals surface area (Å²) >= 11 is 0. The summed E-state index contributed by atoms with van der Waals surface area (Å²) < 4.78 is 2.94. The maximum absolute atomic E-state index is 13.0. The molecule has 0 bridgehead atoms. The van der Waals surface area contributed by atoms with Gasteiger partial charge in [0.05, 0.1) is 24.6 Å². The Hall–Kier alpha value is -3.94. The third-order valence-electron chi connectivity index (χ3n) is 7.19. The molecule has 1 fully saturated rings. The summed E-state index contributed by atoms with van der Waals surface area (Å²) in [7, 11) is 0. The average Bonchev–Trinajstić information content (AvgIpc) is 2.92. The van der Waals surface area contributed by atoms with Crippen LogP contribution in [0.2, 0.25) is 0 Å². The maximum Gasteiger partial charge on any atom is 0.331 e. The zero-order valence-electron chi connectivity index (χ0n) is 20.6. The molecule has 1 heterocycles. The Labute approximate surface area is 211 Å². The zero-order valence-corrected chi connectivity index (χ0v) is 20.6. The molecule has 1 saturated carbocycles. The third-order valence-corrected chi connectivity index (χ3v) is 7.19. The van der Waals surface area contributed by atoms with Crippen LogP contribution < -0.4 is 16.6 Å². The summed E-state index contributed by atoms with van der Waals surface area (Å²) in [6.07, 6.45) is 5.57. The highest BCUT2D eigenvalue weighted by Crippen LogP contribution is 2.42. The fourth-order valence-electron chi connectivity index (χ4n) is 5.15. The molecule has 7 nitrogen and oxygen atoms in total. The van der Waals surface area contributed by atoms with Crippen LogP contribution in [0.15, 0.2) is 70.4 Å². The van der Waals surface area contributed by atoms with Crippen molar-refractivity contribution in [2.45, 2.75) is 63.6 Å². The molecule has 0 amide bonds. The fraction of sp³-hybridized carbons (Fsp3) is 0.379. The highest BCUT2D eigenvalue weighted by atomic mass is 16.2. The number of benzene rings is 2. The first kappa shape index (κ1) is 25.2. The maximum atomic E-state index is 13.0. The van der Waals surface area contributed by atoms with Crippen LogP contribution in [0.3, 0.4) is 0 Å². The minimum absolute atomic E-state index is 0.249. The Balaban J connectivity index is 1.34. The van der Waals surface area contributed by atoms with Crippen LogP contribution in [-0.4, -0.2) is 21.7 Å². The number of hydrogen-bond donors (Lipinski definition) is 1. The summed E-state index contributed by atoms with van der Waals surface area (Å²) in [6, 6.07) is 19.8. The second-order valence-corrected chi connectivity index (χ2v) is 9.57. The first-order valence-electron chi connectivity index (χ1n) is 12.4. The lowest BCUT2D eigenvalue weighted by atomic mass is 9.68. The zero-order chi connectivity index (χ0) is 25.5. The first-order chi connectivity index (χ1) is 17.5. The number of aryl methyl sites for hydroxylation is 2. The lowest BCUT2D eigenvalue weighted by Crippen LogP contribution is -2.42. The summed E-state index contributed by atoms with van der Waals surface area (Å²) in [5, 5.41) is 13.6. The molecule has 0 unspecified atom stereocenters. The van der Waals surface area contributed by atoms with Crippen LogP contribution in [0, 0.1) is 24.8 Å². The van der Waals surface area contributed by atoms with E-state index >= 15 is 0 Å². The number of nitrogens with one attached hydrogen (secondary N) is 1. The van der Waals surface area contributed by atoms with E-state index in [1.54, 1.807) is 23.8 Å². The molecule has 0 spiro atoms. The number of hydrogen-bond acceptors (Lipinski definition) is 4. The van der Waals surface area contributed by atoms with Crippen molar-refractivity contribution in [1.29, 1.82) is 5.26 Å². The van der Waals surface area contributed by atoms with Crippen LogP contribution in [0.1, 0.15) is 48.8 Å². The number of rotatable bonds is 8. The van der Waals surface area contributed by atoms with Crippen LogP contribution >= 0.6 is 0 Å². The van der Waals surface area contributed by atoms with Crippen molar-refractivity contribution in [2.24, 2.45) is 0 Å². The van der Waals surface area contributed by atoms with Gasteiger partial charge in [0.15, 0.2) is 5.69 Å². The highest BCUT2D eigenvalue weighted by molar-refractivity contribution is 5.57. The highest BCUT2D eigenvalue weighted by Gasteiger charge is 2.38. The molecule has 1 aliphatic carbocycles. The quantitative estimate of drug-likeness (QED) is 0.384. The van der Waals surface area contributed by atoms with Crippen LogP contribution in [-0.2, 0) is 18.5 Å². The lowest BCUT2D eigenvalue weighted by molar-refractivity contribution is 0.294. The fourth-order valence-corrected chi connectivity index (χ4v) is 5.15. The molecule has 1 aliphatic rings. The summed E-state index contributed by atoms with van der Waals surface area (Å²) in [6.45, 7) is 10.7. The van der Waals surface area contributed by atoms with E-state index in [1.165, 1.54) is 4.57 Å². The molecule has 1 N–H and O–H groups in total. The minimum Gasteiger partial charge on any atom is -0.314 e. The predicted octanol–water partition coefficient (Wildman–Crippen LogP) is 4.30. The van der Waals surface area contributed by atoms with Crippen molar-refractivity contribution in [1.82, 2.24) is 14.5 Å². The van der Waals surface area contributed by atoms with Crippen LogP contribution in [0.5, 0.6) is 0 Å². The molecule has 36 heavy (non-hydrogen) atoms. The Morgan fingerprint density at radius 3 is 2.50 bits per heavy atom. The van der Waals surface area contributed by atoms with E-state index in [4.69, 9.17) is 6.57 Å². The van der Waals surface area contributed by atoms with Crippen molar-refractivity contribution in [3.05, 3.63) is 110 Å². The molecule has 0 atom stereocenters. The normalized spacial score (nSPS) is 19.4. The Morgan fingerprint density at radius 2 is 1.81 bits per heavy atom. The van der Waals surface area contributed by atoms with E-state index in [-0.39, 0.29) is 17.8 Å². The third kappa shape index (κ3) is 5.32. The molecule has 0 radical (unpaired) electrons. The molecular weight excluding hydrogens is 450 g/mol. The molecule has 2 aromatic carbocycles. The SMILES string of the molecule is [C-]#[N+]c1ccccc1C1(C#N)CCC(NCCCn2cc(C)c(=O)n(Cc3ccccc3)c2=O)CC1. The van der Waals surface area contributed by atoms with Crippen molar-refractivity contribution in [3.8, 4) is 6.07 Å². The van der Waals surface area contributed by atoms with E-state index < -0.39 is 5.41 Å². The Bertz CT molecular complexity index is 1400. The monoisotopic (exact) mass is 481 g/mol. The van der Waals surface area contributed by atoms with Gasteiger partial charge in [0, 0.05) is 24.3 Å². The smallest absolute Gasteiger partial charge is 0.314 e.